The summed E-state index contributed by atoms with van der Waals surface area (Å²) in [5, 5.41) is 3.19. The summed E-state index contributed by atoms with van der Waals surface area (Å²) in [7, 11) is -4.24. The van der Waals surface area contributed by atoms with E-state index in [4.69, 9.17) is 0 Å². The van der Waals surface area contributed by atoms with Gasteiger partial charge in [0.15, 0.2) is 5.78 Å². The van der Waals surface area contributed by atoms with Gasteiger partial charge in [0, 0.05) is 19.4 Å². The predicted octanol–water partition coefficient (Wildman–Crippen LogP) is 3.43. The molecular weight excluding hydrogens is 467 g/mol. The third kappa shape index (κ3) is 4.94. The minimum absolute atomic E-state index is 0.0397. The van der Waals surface area contributed by atoms with Gasteiger partial charge in [0.05, 0.1) is 28.9 Å². The maximum Gasteiger partial charge on any atom is 0.244 e. The Kier molecular flexibility index (Phi) is 7.20. The van der Waals surface area contributed by atoms with Gasteiger partial charge in [0.2, 0.25) is 10.0 Å². The van der Waals surface area contributed by atoms with Crippen LogP contribution in [0.15, 0.2) is 47.5 Å². The lowest BCUT2D eigenvalue weighted by atomic mass is 9.99. The van der Waals surface area contributed by atoms with E-state index in [9.17, 15) is 26.4 Å². The van der Waals surface area contributed by atoms with Crippen LogP contribution in [0.2, 0.25) is 0 Å². The van der Waals surface area contributed by atoms with Crippen molar-refractivity contribution in [2.45, 2.75) is 55.8 Å². The van der Waals surface area contributed by atoms with E-state index in [-0.39, 0.29) is 24.2 Å². The average Bonchev–Trinajstić information content (AvgIpc) is 3.14. The molecule has 0 saturated carbocycles. The molecule has 3 heterocycles. The van der Waals surface area contributed by atoms with E-state index in [2.05, 4.69) is 10.3 Å². The number of hydrogen-bond acceptors (Lipinski definition) is 5. The van der Waals surface area contributed by atoms with Crippen molar-refractivity contribution in [2.24, 2.45) is 0 Å². The largest absolute Gasteiger partial charge is 0.313 e. The quantitative estimate of drug-likeness (QED) is 0.640. The van der Waals surface area contributed by atoms with Gasteiger partial charge in [-0.05, 0) is 67.8 Å². The number of ketones is 1. The molecule has 0 bridgehead atoms. The Morgan fingerprint density at radius 1 is 1.24 bits per heavy atom. The van der Waals surface area contributed by atoms with E-state index in [1.54, 1.807) is 6.07 Å². The maximum absolute atomic E-state index is 14.6. The van der Waals surface area contributed by atoms with Crippen molar-refractivity contribution in [3.8, 4) is 0 Å². The van der Waals surface area contributed by atoms with Crippen LogP contribution in [0.3, 0.4) is 0 Å². The van der Waals surface area contributed by atoms with Crippen molar-refractivity contribution in [1.29, 1.82) is 0 Å². The highest BCUT2D eigenvalue weighted by molar-refractivity contribution is 7.89. The first-order valence-electron chi connectivity index (χ1n) is 11.2. The van der Waals surface area contributed by atoms with E-state index in [1.165, 1.54) is 6.92 Å². The molecular formula is C24H26F3N3O3S. The van der Waals surface area contributed by atoms with Gasteiger partial charge in [0.1, 0.15) is 17.8 Å². The molecule has 34 heavy (non-hydrogen) atoms. The van der Waals surface area contributed by atoms with Crippen molar-refractivity contribution in [2.75, 3.05) is 13.1 Å². The third-order valence-corrected chi connectivity index (χ3v) is 8.42. The molecule has 10 heteroatoms. The number of carbonyl (C=O) groups is 1. The van der Waals surface area contributed by atoms with Crippen LogP contribution in [0.5, 0.6) is 0 Å². The number of pyridine rings is 1. The van der Waals surface area contributed by atoms with Crippen molar-refractivity contribution in [3.05, 3.63) is 65.5 Å². The second-order valence-corrected chi connectivity index (χ2v) is 10.5. The fraction of sp³-hybridized carbons (Fsp3) is 0.417. The molecule has 182 valence electrons. The first-order valence-corrected chi connectivity index (χ1v) is 12.6. The molecule has 1 saturated heterocycles. The minimum atomic E-state index is -4.24. The van der Waals surface area contributed by atoms with Crippen molar-refractivity contribution in [3.63, 3.8) is 0 Å². The maximum atomic E-state index is 14.6. The molecule has 6 nitrogen and oxygen atoms in total. The first-order chi connectivity index (χ1) is 16.2. The van der Waals surface area contributed by atoms with Crippen LogP contribution in [0.4, 0.5) is 13.2 Å². The fourth-order valence-corrected chi connectivity index (χ4v) is 6.30. The summed E-state index contributed by atoms with van der Waals surface area (Å²) >= 11 is 0. The van der Waals surface area contributed by atoms with E-state index < -0.39 is 45.7 Å². The highest BCUT2D eigenvalue weighted by Gasteiger charge is 2.48. The lowest BCUT2D eigenvalue weighted by Crippen LogP contribution is -2.44. The number of aryl methyl sites for hydroxylation is 1. The fourth-order valence-electron chi connectivity index (χ4n) is 4.47. The number of carbonyl (C=O) groups excluding carboxylic acids is 1. The second kappa shape index (κ2) is 9.97. The number of sulfonamides is 1. The van der Waals surface area contributed by atoms with Crippen molar-refractivity contribution < 1.29 is 26.4 Å². The molecule has 2 aliphatic heterocycles. The Labute approximate surface area is 196 Å². The Morgan fingerprint density at radius 2 is 1.97 bits per heavy atom. The van der Waals surface area contributed by atoms with Gasteiger partial charge < -0.3 is 5.32 Å². The summed E-state index contributed by atoms with van der Waals surface area (Å²) in [6.07, 6.45) is 1.95. The van der Waals surface area contributed by atoms with Gasteiger partial charge in [-0.1, -0.05) is 6.08 Å². The molecule has 3 atom stereocenters. The topological polar surface area (TPSA) is 79.4 Å². The Hall–Kier alpha value is -2.56. The SMILES string of the molecule is C[C@H]1[C@H](F)C[C@@H](C(=O)CCc2cc(C3=CCNCC3)ncc2F)N1S(=O)(=O)c1ccc(F)cc1. The average molecular weight is 494 g/mol. The highest BCUT2D eigenvalue weighted by atomic mass is 32.2. The molecule has 1 fully saturated rings. The molecule has 0 amide bonds. The van der Waals surface area contributed by atoms with Crippen LogP contribution >= 0.6 is 0 Å². The standard InChI is InChI=1S/C24H26F3N3O3S/c1-15-20(26)13-23(30(15)34(32,33)19-5-3-18(25)4-6-19)24(31)7-2-17-12-22(29-14-21(17)27)16-8-10-28-11-9-16/h3-6,8,12,14-15,20,23,28H,2,7,9-11,13H2,1H3/t15-,20+,23-/m0/s1. The molecule has 0 radical (unpaired) electrons. The lowest BCUT2D eigenvalue weighted by Gasteiger charge is -2.26. The third-order valence-electron chi connectivity index (χ3n) is 6.41. The first kappa shape index (κ1) is 24.6. The Morgan fingerprint density at radius 3 is 2.65 bits per heavy atom. The number of nitrogens with one attached hydrogen (secondary N) is 1. The van der Waals surface area contributed by atoms with Crippen LogP contribution in [0.1, 0.15) is 37.4 Å². The summed E-state index contributed by atoms with van der Waals surface area (Å²) in [5.41, 5.74) is 1.94. The number of benzene rings is 1. The molecule has 1 N–H and O–H groups in total. The molecule has 2 aliphatic rings. The van der Waals surface area contributed by atoms with E-state index >= 15 is 0 Å². The predicted molar refractivity (Wildman–Crippen MR) is 121 cm³/mol. The highest BCUT2D eigenvalue weighted by Crippen LogP contribution is 2.34. The van der Waals surface area contributed by atoms with Gasteiger partial charge >= 0.3 is 0 Å². The Bertz CT molecular complexity index is 1200. The number of hydrogen-bond donors (Lipinski definition) is 1. The number of nitrogens with zero attached hydrogens (tertiary/aromatic N) is 2. The van der Waals surface area contributed by atoms with Gasteiger partial charge in [-0.25, -0.2) is 21.6 Å². The van der Waals surface area contributed by atoms with E-state index in [0.717, 1.165) is 53.3 Å². The summed E-state index contributed by atoms with van der Waals surface area (Å²) in [4.78, 5) is 17.0. The molecule has 1 aromatic heterocycles. The van der Waals surface area contributed by atoms with Gasteiger partial charge in [-0.2, -0.15) is 4.31 Å². The number of aromatic nitrogens is 1. The minimum Gasteiger partial charge on any atom is -0.313 e. The van der Waals surface area contributed by atoms with Crippen LogP contribution in [-0.4, -0.2) is 54.8 Å². The van der Waals surface area contributed by atoms with E-state index in [0.29, 0.717) is 17.8 Å². The molecule has 4 rings (SSSR count). The monoisotopic (exact) mass is 493 g/mol. The number of Topliss-reactive ketones (excluding diaryl/α,β-unsaturated/α-hetero) is 1. The molecule has 2 aromatic rings. The number of rotatable bonds is 7. The molecule has 0 spiro atoms. The lowest BCUT2D eigenvalue weighted by molar-refractivity contribution is -0.122. The second-order valence-electron chi connectivity index (χ2n) is 8.61. The molecule has 0 aliphatic carbocycles. The smallest absolute Gasteiger partial charge is 0.244 e. The zero-order chi connectivity index (χ0) is 24.5. The number of alkyl halides is 1. The summed E-state index contributed by atoms with van der Waals surface area (Å²) in [6.45, 7) is 2.90. The van der Waals surface area contributed by atoms with Gasteiger partial charge in [-0.15, -0.1) is 0 Å². The van der Waals surface area contributed by atoms with Crippen LogP contribution in [-0.2, 0) is 21.2 Å². The summed E-state index contributed by atoms with van der Waals surface area (Å²) < 4.78 is 69.5. The van der Waals surface area contributed by atoms with Crippen LogP contribution < -0.4 is 5.32 Å². The van der Waals surface area contributed by atoms with Gasteiger partial charge in [0.25, 0.3) is 0 Å². The normalized spacial score (nSPS) is 23.6. The van der Waals surface area contributed by atoms with Crippen molar-refractivity contribution >= 4 is 21.4 Å². The van der Waals surface area contributed by atoms with Crippen molar-refractivity contribution in [1.82, 2.24) is 14.6 Å². The van der Waals surface area contributed by atoms with E-state index in [1.807, 2.05) is 6.08 Å². The van der Waals surface area contributed by atoms with Crippen LogP contribution in [0, 0.1) is 11.6 Å². The number of halogens is 3. The molecule has 0 unspecified atom stereocenters. The van der Waals surface area contributed by atoms with Gasteiger partial charge in [-0.3, -0.25) is 9.78 Å². The zero-order valence-corrected chi connectivity index (χ0v) is 19.5. The summed E-state index contributed by atoms with van der Waals surface area (Å²) in [5.74, 6) is -1.65. The Balaban J connectivity index is 1.53. The summed E-state index contributed by atoms with van der Waals surface area (Å²) in [6, 6.07) is 3.53. The zero-order valence-electron chi connectivity index (χ0n) is 18.7. The van der Waals surface area contributed by atoms with Crippen LogP contribution in [0.25, 0.3) is 5.57 Å². The molecule has 1 aromatic carbocycles.